The van der Waals surface area contributed by atoms with E-state index < -0.39 is 0 Å². The number of aryl methyl sites for hydroxylation is 3. The zero-order valence-electron chi connectivity index (χ0n) is 11.4. The SMILES string of the molecule is Cc1cc(OCC(=O)Nc2nonc2C)cc(C)c1Cl. The maximum Gasteiger partial charge on any atom is 0.263 e. The fraction of sp³-hybridized carbons (Fsp3) is 0.308. The van der Waals surface area contributed by atoms with Crippen LogP contribution in [-0.4, -0.2) is 22.8 Å². The fourth-order valence-corrected chi connectivity index (χ4v) is 1.76. The molecule has 1 aromatic heterocycles. The summed E-state index contributed by atoms with van der Waals surface area (Å²) in [6, 6.07) is 3.57. The highest BCUT2D eigenvalue weighted by molar-refractivity contribution is 6.32. The Morgan fingerprint density at radius 1 is 1.30 bits per heavy atom. The largest absolute Gasteiger partial charge is 0.484 e. The van der Waals surface area contributed by atoms with Gasteiger partial charge in [-0.3, -0.25) is 4.79 Å². The second kappa shape index (κ2) is 5.92. The normalized spacial score (nSPS) is 10.4. The molecular weight excluding hydrogens is 282 g/mol. The molecule has 7 heteroatoms. The Hall–Kier alpha value is -2.08. The zero-order chi connectivity index (χ0) is 14.7. The molecule has 0 saturated heterocycles. The Labute approximate surface area is 121 Å². The van der Waals surface area contributed by atoms with E-state index in [1.165, 1.54) is 0 Å². The van der Waals surface area contributed by atoms with Crippen molar-refractivity contribution in [2.45, 2.75) is 20.8 Å². The van der Waals surface area contributed by atoms with Crippen LogP contribution in [0.15, 0.2) is 16.8 Å². The molecule has 1 aromatic carbocycles. The minimum Gasteiger partial charge on any atom is -0.484 e. The van der Waals surface area contributed by atoms with Crippen LogP contribution < -0.4 is 10.1 Å². The van der Waals surface area contributed by atoms with E-state index in [4.69, 9.17) is 16.3 Å². The third-order valence-electron chi connectivity index (χ3n) is 2.69. The number of halogens is 1. The van der Waals surface area contributed by atoms with Crippen molar-refractivity contribution in [2.75, 3.05) is 11.9 Å². The lowest BCUT2D eigenvalue weighted by Gasteiger charge is -2.09. The summed E-state index contributed by atoms with van der Waals surface area (Å²) in [4.78, 5) is 11.7. The second-order valence-corrected chi connectivity index (χ2v) is 4.78. The minimum absolute atomic E-state index is 0.132. The lowest BCUT2D eigenvalue weighted by atomic mass is 10.1. The van der Waals surface area contributed by atoms with Crippen molar-refractivity contribution in [2.24, 2.45) is 0 Å². The van der Waals surface area contributed by atoms with E-state index in [2.05, 4.69) is 20.3 Å². The molecule has 0 aliphatic carbocycles. The van der Waals surface area contributed by atoms with Gasteiger partial charge in [0.05, 0.1) is 0 Å². The molecule has 0 radical (unpaired) electrons. The first kappa shape index (κ1) is 14.3. The van der Waals surface area contributed by atoms with Crippen molar-refractivity contribution < 1.29 is 14.2 Å². The van der Waals surface area contributed by atoms with Crippen molar-refractivity contribution in [3.63, 3.8) is 0 Å². The first-order valence-corrected chi connectivity index (χ1v) is 6.33. The Morgan fingerprint density at radius 3 is 2.50 bits per heavy atom. The Balaban J connectivity index is 1.95. The number of rotatable bonds is 4. The molecule has 1 heterocycles. The molecule has 2 aromatic rings. The quantitative estimate of drug-likeness (QED) is 0.938. The molecule has 20 heavy (non-hydrogen) atoms. The molecular formula is C13H14ClN3O3. The molecule has 0 unspecified atom stereocenters. The molecule has 1 amide bonds. The molecule has 1 N–H and O–H groups in total. The summed E-state index contributed by atoms with van der Waals surface area (Å²) in [7, 11) is 0. The van der Waals surface area contributed by atoms with Crippen molar-refractivity contribution in [1.82, 2.24) is 10.3 Å². The highest BCUT2D eigenvalue weighted by atomic mass is 35.5. The number of anilines is 1. The van der Waals surface area contributed by atoms with Gasteiger partial charge in [-0.15, -0.1) is 0 Å². The average molecular weight is 296 g/mol. The smallest absolute Gasteiger partial charge is 0.263 e. The van der Waals surface area contributed by atoms with Gasteiger partial charge in [-0.2, -0.15) is 0 Å². The van der Waals surface area contributed by atoms with Crippen LogP contribution in [0.2, 0.25) is 5.02 Å². The molecule has 0 bridgehead atoms. The summed E-state index contributed by atoms with van der Waals surface area (Å²) in [6.45, 7) is 5.31. The van der Waals surface area contributed by atoms with Gasteiger partial charge >= 0.3 is 0 Å². The van der Waals surface area contributed by atoms with E-state index in [9.17, 15) is 4.79 Å². The number of carbonyl (C=O) groups is 1. The lowest BCUT2D eigenvalue weighted by Crippen LogP contribution is -2.20. The summed E-state index contributed by atoms with van der Waals surface area (Å²) < 4.78 is 9.91. The molecule has 2 rings (SSSR count). The van der Waals surface area contributed by atoms with E-state index in [1.807, 2.05) is 13.8 Å². The second-order valence-electron chi connectivity index (χ2n) is 4.41. The summed E-state index contributed by atoms with van der Waals surface area (Å²) in [5, 5.41) is 10.4. The molecule has 0 fully saturated rings. The zero-order valence-corrected chi connectivity index (χ0v) is 12.1. The maximum atomic E-state index is 11.7. The third kappa shape index (κ3) is 3.27. The van der Waals surface area contributed by atoms with Gasteiger partial charge in [-0.05, 0) is 49.2 Å². The molecule has 0 aliphatic rings. The maximum absolute atomic E-state index is 11.7. The molecule has 106 valence electrons. The summed E-state index contributed by atoms with van der Waals surface area (Å²) in [5.74, 6) is 0.547. The Kier molecular flexibility index (Phi) is 4.24. The van der Waals surface area contributed by atoms with Crippen molar-refractivity contribution in [3.05, 3.63) is 34.0 Å². The standard InChI is InChI=1S/C13H14ClN3O3/c1-7-4-10(5-8(2)12(7)14)19-6-11(18)15-13-9(3)16-20-17-13/h4-5H,6H2,1-3H3,(H,15,17,18). The number of amides is 1. The number of hydrogen-bond acceptors (Lipinski definition) is 5. The van der Waals surface area contributed by atoms with Gasteiger partial charge in [0, 0.05) is 5.02 Å². The van der Waals surface area contributed by atoms with Gasteiger partial charge in [-0.1, -0.05) is 16.8 Å². The van der Waals surface area contributed by atoms with Crippen LogP contribution in [0.5, 0.6) is 5.75 Å². The van der Waals surface area contributed by atoms with E-state index in [1.54, 1.807) is 19.1 Å². The average Bonchev–Trinajstić information content (AvgIpc) is 2.79. The monoisotopic (exact) mass is 295 g/mol. The van der Waals surface area contributed by atoms with Gasteiger partial charge in [0.2, 0.25) is 0 Å². The number of benzene rings is 1. The third-order valence-corrected chi connectivity index (χ3v) is 3.29. The van der Waals surface area contributed by atoms with Gasteiger partial charge in [0.25, 0.3) is 5.91 Å². The first-order valence-electron chi connectivity index (χ1n) is 5.96. The van der Waals surface area contributed by atoms with Gasteiger partial charge in [0.15, 0.2) is 12.4 Å². The Bertz CT molecular complexity index is 617. The van der Waals surface area contributed by atoms with Gasteiger partial charge < -0.3 is 10.1 Å². The van der Waals surface area contributed by atoms with Crippen LogP contribution >= 0.6 is 11.6 Å². The van der Waals surface area contributed by atoms with E-state index in [0.717, 1.165) is 11.1 Å². The number of aromatic nitrogens is 2. The van der Waals surface area contributed by atoms with E-state index >= 15 is 0 Å². The molecule has 0 aliphatic heterocycles. The molecule has 0 spiro atoms. The van der Waals surface area contributed by atoms with Crippen LogP contribution in [0, 0.1) is 20.8 Å². The van der Waals surface area contributed by atoms with Gasteiger partial charge in [0.1, 0.15) is 11.4 Å². The number of ether oxygens (including phenoxy) is 1. The van der Waals surface area contributed by atoms with Crippen LogP contribution in [0.25, 0.3) is 0 Å². The number of nitrogens with zero attached hydrogens (tertiary/aromatic N) is 2. The number of hydrogen-bond donors (Lipinski definition) is 1. The van der Waals surface area contributed by atoms with E-state index in [-0.39, 0.29) is 12.5 Å². The predicted octanol–water partition coefficient (Wildman–Crippen LogP) is 2.67. The van der Waals surface area contributed by atoms with Crippen LogP contribution in [0.3, 0.4) is 0 Å². The number of carbonyl (C=O) groups excluding carboxylic acids is 1. The van der Waals surface area contributed by atoms with Crippen LogP contribution in [0.1, 0.15) is 16.8 Å². The van der Waals surface area contributed by atoms with Crippen LogP contribution in [-0.2, 0) is 4.79 Å². The molecule has 6 nitrogen and oxygen atoms in total. The van der Waals surface area contributed by atoms with Crippen molar-refractivity contribution in [3.8, 4) is 5.75 Å². The molecule has 0 atom stereocenters. The lowest BCUT2D eigenvalue weighted by molar-refractivity contribution is -0.118. The highest BCUT2D eigenvalue weighted by Crippen LogP contribution is 2.25. The molecule has 0 saturated carbocycles. The van der Waals surface area contributed by atoms with Crippen LogP contribution in [0.4, 0.5) is 5.82 Å². The summed E-state index contributed by atoms with van der Waals surface area (Å²) in [5.41, 5.74) is 2.31. The van der Waals surface area contributed by atoms with Crippen molar-refractivity contribution in [1.29, 1.82) is 0 Å². The summed E-state index contributed by atoms with van der Waals surface area (Å²) >= 11 is 6.06. The van der Waals surface area contributed by atoms with Crippen molar-refractivity contribution >= 4 is 23.3 Å². The first-order chi connectivity index (χ1) is 9.47. The highest BCUT2D eigenvalue weighted by Gasteiger charge is 2.11. The van der Waals surface area contributed by atoms with E-state index in [0.29, 0.717) is 22.3 Å². The topological polar surface area (TPSA) is 77.2 Å². The van der Waals surface area contributed by atoms with Gasteiger partial charge in [-0.25, -0.2) is 4.63 Å². The fourth-order valence-electron chi connectivity index (χ4n) is 1.65. The number of nitrogens with one attached hydrogen (secondary N) is 1. The minimum atomic E-state index is -0.339. The Morgan fingerprint density at radius 2 is 1.95 bits per heavy atom. The predicted molar refractivity (Wildman–Crippen MR) is 74.1 cm³/mol. The summed E-state index contributed by atoms with van der Waals surface area (Å²) in [6.07, 6.45) is 0.